The molecule has 0 bridgehead atoms. The van der Waals surface area contributed by atoms with Crippen molar-refractivity contribution < 1.29 is 33.8 Å². The lowest BCUT2D eigenvalue weighted by molar-refractivity contribution is -0.131. The van der Waals surface area contributed by atoms with E-state index in [0.29, 0.717) is 25.8 Å². The molecule has 4 N–H and O–H groups in total. The number of hydrogen-bond acceptors (Lipinski definition) is 7. The van der Waals surface area contributed by atoms with Gasteiger partial charge >= 0.3 is 12.2 Å². The lowest BCUT2D eigenvalue weighted by Crippen LogP contribution is -2.54. The first kappa shape index (κ1) is 32.3. The number of unbranched alkanes of at least 4 members (excludes halogenated alkanes) is 1. The molecule has 0 saturated heterocycles. The number of nitrogens with one attached hydrogen (secondary N) is 3. The van der Waals surface area contributed by atoms with E-state index in [4.69, 9.17) is 9.47 Å². The lowest BCUT2D eigenvalue weighted by atomic mass is 9.95. The number of alkyl carbamates (subject to hydrolysis) is 2. The lowest BCUT2D eigenvalue weighted by Gasteiger charge is -2.26. The molecule has 2 aromatic rings. The van der Waals surface area contributed by atoms with Gasteiger partial charge in [-0.05, 0) is 42.7 Å². The molecule has 2 aromatic carbocycles. The maximum Gasteiger partial charge on any atom is 0.408 e. The molecule has 0 radical (unpaired) electrons. The van der Waals surface area contributed by atoms with Crippen molar-refractivity contribution in [1.29, 1.82) is 0 Å². The largest absolute Gasteiger partial charge is 0.445 e. The van der Waals surface area contributed by atoms with E-state index in [1.54, 1.807) is 0 Å². The Kier molecular flexibility index (Phi) is 14.8. The number of aliphatic hydroxyl groups excluding tert-OH is 1. The third-order valence-electron chi connectivity index (χ3n) is 6.34. The van der Waals surface area contributed by atoms with Crippen LogP contribution in [0.4, 0.5) is 9.59 Å². The minimum absolute atomic E-state index is 0.0582. The maximum atomic E-state index is 13.2. The van der Waals surface area contributed by atoms with E-state index in [2.05, 4.69) is 16.0 Å². The normalized spacial score (nSPS) is 12.9. The monoisotopic (exact) mass is 555 g/mol. The number of rotatable bonds is 17. The van der Waals surface area contributed by atoms with Crippen molar-refractivity contribution in [3.8, 4) is 0 Å². The van der Waals surface area contributed by atoms with Crippen LogP contribution in [0.15, 0.2) is 60.7 Å². The molecule has 3 atom stereocenters. The summed E-state index contributed by atoms with van der Waals surface area (Å²) >= 11 is 0. The van der Waals surface area contributed by atoms with Crippen molar-refractivity contribution in [2.45, 2.75) is 71.2 Å². The Morgan fingerprint density at radius 1 is 0.800 bits per heavy atom. The Bertz CT molecular complexity index is 1050. The number of hydrogen-bond donors (Lipinski definition) is 4. The number of aliphatic hydroxyl groups is 1. The molecule has 0 fully saturated rings. The summed E-state index contributed by atoms with van der Waals surface area (Å²) in [6, 6.07) is 16.6. The summed E-state index contributed by atoms with van der Waals surface area (Å²) in [4.78, 5) is 49.9. The minimum atomic E-state index is -0.930. The molecule has 40 heavy (non-hydrogen) atoms. The zero-order valence-corrected chi connectivity index (χ0v) is 23.3. The highest BCUT2D eigenvalue weighted by atomic mass is 16.6. The van der Waals surface area contributed by atoms with Crippen LogP contribution in [0.3, 0.4) is 0 Å². The molecule has 0 aliphatic rings. The van der Waals surface area contributed by atoms with Crippen LogP contribution in [0.1, 0.15) is 57.1 Å². The first-order chi connectivity index (χ1) is 19.3. The molecule has 3 amide bonds. The smallest absolute Gasteiger partial charge is 0.408 e. The molecule has 0 aromatic heterocycles. The fourth-order valence-corrected chi connectivity index (χ4v) is 4.10. The van der Waals surface area contributed by atoms with Crippen LogP contribution in [0.25, 0.3) is 0 Å². The highest BCUT2D eigenvalue weighted by Crippen LogP contribution is 2.13. The SMILES string of the molecule is CCCC(C)C(NC(=O)OCc1ccccc1)C(=O)NC(CCCCNC(=O)OCc1ccccc1)C(=O)CO. The van der Waals surface area contributed by atoms with E-state index in [-0.39, 0.29) is 25.6 Å². The predicted molar refractivity (Wildman–Crippen MR) is 150 cm³/mol. The van der Waals surface area contributed by atoms with E-state index in [9.17, 15) is 24.3 Å². The summed E-state index contributed by atoms with van der Waals surface area (Å²) in [5, 5.41) is 17.4. The number of amides is 3. The average molecular weight is 556 g/mol. The molecule has 2 rings (SSSR count). The molecular weight excluding hydrogens is 514 g/mol. The Balaban J connectivity index is 1.83. The number of benzene rings is 2. The molecule has 10 nitrogen and oxygen atoms in total. The summed E-state index contributed by atoms with van der Waals surface area (Å²) in [6.45, 7) is 3.64. The molecular formula is C30H41N3O7. The summed E-state index contributed by atoms with van der Waals surface area (Å²) in [6.07, 6.45) is 1.48. The van der Waals surface area contributed by atoms with Crippen molar-refractivity contribution in [3.05, 3.63) is 71.8 Å². The first-order valence-corrected chi connectivity index (χ1v) is 13.7. The van der Waals surface area contributed by atoms with Gasteiger partial charge in [-0.2, -0.15) is 0 Å². The highest BCUT2D eigenvalue weighted by Gasteiger charge is 2.30. The van der Waals surface area contributed by atoms with Crippen LogP contribution in [-0.4, -0.2) is 54.2 Å². The van der Waals surface area contributed by atoms with Gasteiger partial charge in [0.15, 0.2) is 5.78 Å². The van der Waals surface area contributed by atoms with Crippen LogP contribution in [0.5, 0.6) is 0 Å². The van der Waals surface area contributed by atoms with Crippen LogP contribution in [-0.2, 0) is 32.3 Å². The number of Topliss-reactive ketones (excluding diaryl/α,β-unsaturated/α-hetero) is 1. The summed E-state index contributed by atoms with van der Waals surface area (Å²) < 4.78 is 10.5. The molecule has 10 heteroatoms. The van der Waals surface area contributed by atoms with Gasteiger partial charge in [0, 0.05) is 6.54 Å². The summed E-state index contributed by atoms with van der Waals surface area (Å²) in [7, 11) is 0. The van der Waals surface area contributed by atoms with Gasteiger partial charge in [0.2, 0.25) is 5.91 Å². The van der Waals surface area contributed by atoms with Gasteiger partial charge in [-0.15, -0.1) is 0 Å². The Labute approximate surface area is 235 Å². The zero-order valence-electron chi connectivity index (χ0n) is 23.3. The fourth-order valence-electron chi connectivity index (χ4n) is 4.10. The van der Waals surface area contributed by atoms with E-state index in [1.165, 1.54) is 0 Å². The summed E-state index contributed by atoms with van der Waals surface area (Å²) in [5.74, 6) is -1.27. The van der Waals surface area contributed by atoms with Crippen molar-refractivity contribution in [3.63, 3.8) is 0 Å². The maximum absolute atomic E-state index is 13.2. The second-order valence-electron chi connectivity index (χ2n) is 9.62. The quantitative estimate of drug-likeness (QED) is 0.217. The van der Waals surface area contributed by atoms with Gasteiger partial charge in [-0.1, -0.05) is 80.9 Å². The topological polar surface area (TPSA) is 143 Å². The van der Waals surface area contributed by atoms with Crippen molar-refractivity contribution in [2.24, 2.45) is 5.92 Å². The molecule has 3 unspecified atom stereocenters. The van der Waals surface area contributed by atoms with Gasteiger partial charge in [0.1, 0.15) is 25.9 Å². The molecule has 0 heterocycles. The number of ether oxygens (including phenoxy) is 2. The standard InChI is InChI=1S/C30H41N3O7/c1-3-12-22(2)27(33-30(38)40-21-24-15-8-5-9-16-24)28(36)32-25(26(35)19-34)17-10-11-18-31-29(37)39-20-23-13-6-4-7-14-23/h4-9,13-16,22,25,27,34H,3,10-12,17-21H2,1-2H3,(H,31,37)(H,32,36)(H,33,38). The predicted octanol–water partition coefficient (Wildman–Crippen LogP) is 3.86. The van der Waals surface area contributed by atoms with Gasteiger partial charge in [-0.3, -0.25) is 9.59 Å². The molecule has 218 valence electrons. The third kappa shape index (κ3) is 12.3. The molecule has 0 spiro atoms. The van der Waals surface area contributed by atoms with E-state index < -0.39 is 42.6 Å². The van der Waals surface area contributed by atoms with Gasteiger partial charge in [0.05, 0.1) is 6.04 Å². The Morgan fingerprint density at radius 3 is 1.93 bits per heavy atom. The van der Waals surface area contributed by atoms with E-state index in [0.717, 1.165) is 17.5 Å². The average Bonchev–Trinajstić information content (AvgIpc) is 2.97. The Hall–Kier alpha value is -3.92. The van der Waals surface area contributed by atoms with Crippen molar-refractivity contribution in [1.82, 2.24) is 16.0 Å². The van der Waals surface area contributed by atoms with Gasteiger partial charge < -0.3 is 30.5 Å². The minimum Gasteiger partial charge on any atom is -0.445 e. The van der Waals surface area contributed by atoms with Gasteiger partial charge in [-0.25, -0.2) is 9.59 Å². The van der Waals surface area contributed by atoms with E-state index >= 15 is 0 Å². The molecule has 0 saturated carbocycles. The zero-order chi connectivity index (χ0) is 29.2. The second kappa shape index (κ2) is 18.4. The van der Waals surface area contributed by atoms with Crippen LogP contribution < -0.4 is 16.0 Å². The Morgan fingerprint density at radius 2 is 1.38 bits per heavy atom. The van der Waals surface area contributed by atoms with Crippen molar-refractivity contribution >= 4 is 23.9 Å². The highest BCUT2D eigenvalue weighted by molar-refractivity contribution is 5.92. The summed E-state index contributed by atoms with van der Waals surface area (Å²) in [5.41, 5.74) is 1.69. The van der Waals surface area contributed by atoms with E-state index in [1.807, 2.05) is 74.5 Å². The number of carbonyl (C=O) groups excluding carboxylic acids is 4. The number of ketones is 1. The first-order valence-electron chi connectivity index (χ1n) is 13.7. The van der Waals surface area contributed by atoms with Crippen LogP contribution in [0.2, 0.25) is 0 Å². The van der Waals surface area contributed by atoms with Gasteiger partial charge in [0.25, 0.3) is 0 Å². The molecule has 0 aliphatic carbocycles. The van der Waals surface area contributed by atoms with Crippen LogP contribution >= 0.6 is 0 Å². The van der Waals surface area contributed by atoms with Crippen LogP contribution in [0, 0.1) is 5.92 Å². The third-order valence-corrected chi connectivity index (χ3v) is 6.34. The fraction of sp³-hybridized carbons (Fsp3) is 0.467. The number of carbonyl (C=O) groups is 4. The van der Waals surface area contributed by atoms with Crippen molar-refractivity contribution in [2.75, 3.05) is 13.2 Å². The molecule has 0 aliphatic heterocycles. The second-order valence-corrected chi connectivity index (χ2v) is 9.62.